The van der Waals surface area contributed by atoms with Gasteiger partial charge in [-0.2, -0.15) is 0 Å². The molecule has 1 saturated heterocycles. The average molecular weight is 414 g/mol. The van der Waals surface area contributed by atoms with Crippen LogP contribution in [0.5, 0.6) is 0 Å². The van der Waals surface area contributed by atoms with Gasteiger partial charge in [-0.1, -0.05) is 13.8 Å². The fourth-order valence-corrected chi connectivity index (χ4v) is 4.26. The van der Waals surface area contributed by atoms with Gasteiger partial charge in [0.25, 0.3) is 5.91 Å². The maximum atomic E-state index is 12.9. The van der Waals surface area contributed by atoms with Crippen LogP contribution in [0.25, 0.3) is 0 Å². The molecular weight excluding hydrogens is 386 g/mol. The predicted octanol–water partition coefficient (Wildman–Crippen LogP) is 3.28. The molecule has 7 nitrogen and oxygen atoms in total. The Bertz CT molecular complexity index is 914. The van der Waals surface area contributed by atoms with Crippen molar-refractivity contribution in [3.05, 3.63) is 34.6 Å². The highest BCUT2D eigenvalue weighted by atomic mass is 32.1. The van der Waals surface area contributed by atoms with Crippen LogP contribution in [0, 0.1) is 12.8 Å². The molecule has 0 spiro atoms. The van der Waals surface area contributed by atoms with Crippen LogP contribution in [0.2, 0.25) is 0 Å². The van der Waals surface area contributed by atoms with Gasteiger partial charge in [-0.25, -0.2) is 9.97 Å². The number of amides is 2. The minimum Gasteiger partial charge on any atom is -0.353 e. The fraction of sp³-hybridized carbons (Fsp3) is 0.524. The normalized spacial score (nSPS) is 17.0. The molecule has 29 heavy (non-hydrogen) atoms. The van der Waals surface area contributed by atoms with Gasteiger partial charge >= 0.3 is 0 Å². The summed E-state index contributed by atoms with van der Waals surface area (Å²) in [7, 11) is 0. The number of hydrogen-bond acceptors (Lipinski definition) is 6. The standard InChI is InChI=1S/C21H27N5O2S/c1-13(2)19-22-14(3)12-17(23-19)25-8-10-26(11-9-25)21(28)16-6-7-18(29-16)24-20(27)15-4-5-15/h6-7,12-13,15H,4-5,8-11H2,1-3H3,(H,24,27). The zero-order chi connectivity index (χ0) is 20.5. The maximum absolute atomic E-state index is 12.9. The van der Waals surface area contributed by atoms with E-state index in [-0.39, 0.29) is 23.7 Å². The minimum absolute atomic E-state index is 0.0308. The van der Waals surface area contributed by atoms with E-state index >= 15 is 0 Å². The monoisotopic (exact) mass is 413 g/mol. The van der Waals surface area contributed by atoms with Gasteiger partial charge in [-0.05, 0) is 31.9 Å². The second-order valence-corrected chi connectivity index (χ2v) is 9.17. The highest BCUT2D eigenvalue weighted by molar-refractivity contribution is 7.18. The largest absolute Gasteiger partial charge is 0.353 e. The Hall–Kier alpha value is -2.48. The molecule has 154 valence electrons. The van der Waals surface area contributed by atoms with Crippen LogP contribution >= 0.6 is 11.3 Å². The molecule has 0 atom stereocenters. The Labute approximate surface area is 175 Å². The molecule has 2 fully saturated rings. The van der Waals surface area contributed by atoms with E-state index in [1.165, 1.54) is 11.3 Å². The van der Waals surface area contributed by atoms with Crippen LogP contribution in [0.4, 0.5) is 10.8 Å². The summed E-state index contributed by atoms with van der Waals surface area (Å²) in [5.74, 6) is 2.34. The highest BCUT2D eigenvalue weighted by Crippen LogP contribution is 2.32. The van der Waals surface area contributed by atoms with E-state index in [1.807, 2.05) is 30.0 Å². The van der Waals surface area contributed by atoms with E-state index in [0.29, 0.717) is 18.0 Å². The van der Waals surface area contributed by atoms with Crippen molar-refractivity contribution in [3.63, 3.8) is 0 Å². The summed E-state index contributed by atoms with van der Waals surface area (Å²) in [5.41, 5.74) is 0.969. The van der Waals surface area contributed by atoms with Gasteiger partial charge in [0.15, 0.2) is 0 Å². The van der Waals surface area contributed by atoms with Crippen molar-refractivity contribution < 1.29 is 9.59 Å². The number of anilines is 2. The zero-order valence-corrected chi connectivity index (χ0v) is 18.0. The maximum Gasteiger partial charge on any atom is 0.264 e. The van der Waals surface area contributed by atoms with Crippen LogP contribution in [0.1, 0.15) is 53.8 Å². The smallest absolute Gasteiger partial charge is 0.264 e. The highest BCUT2D eigenvalue weighted by Gasteiger charge is 2.30. The lowest BCUT2D eigenvalue weighted by molar-refractivity contribution is -0.117. The lowest BCUT2D eigenvalue weighted by Gasteiger charge is -2.35. The third-order valence-corrected chi connectivity index (χ3v) is 6.27. The molecular formula is C21H27N5O2S. The van der Waals surface area contributed by atoms with Crippen molar-refractivity contribution in [2.75, 3.05) is 36.4 Å². The number of aryl methyl sites for hydroxylation is 1. The van der Waals surface area contributed by atoms with Crippen LogP contribution in [-0.4, -0.2) is 52.9 Å². The number of thiophene rings is 1. The summed E-state index contributed by atoms with van der Waals surface area (Å²) in [6.45, 7) is 8.98. The first-order valence-electron chi connectivity index (χ1n) is 10.2. The molecule has 1 aliphatic heterocycles. The Balaban J connectivity index is 1.36. The van der Waals surface area contributed by atoms with E-state index < -0.39 is 0 Å². The molecule has 0 aromatic carbocycles. The Morgan fingerprint density at radius 2 is 1.86 bits per heavy atom. The molecule has 1 saturated carbocycles. The van der Waals surface area contributed by atoms with Gasteiger partial charge in [-0.3, -0.25) is 9.59 Å². The van der Waals surface area contributed by atoms with Crippen LogP contribution < -0.4 is 10.2 Å². The Kier molecular flexibility index (Phi) is 5.54. The van der Waals surface area contributed by atoms with Crippen molar-refractivity contribution in [2.45, 2.75) is 39.5 Å². The molecule has 1 aliphatic carbocycles. The number of carbonyl (C=O) groups is 2. The molecule has 0 unspecified atom stereocenters. The van der Waals surface area contributed by atoms with Crippen LogP contribution in [-0.2, 0) is 4.79 Å². The van der Waals surface area contributed by atoms with Crippen molar-refractivity contribution in [2.24, 2.45) is 5.92 Å². The molecule has 4 rings (SSSR count). The first-order valence-corrected chi connectivity index (χ1v) is 11.0. The van der Waals surface area contributed by atoms with Crippen molar-refractivity contribution in [1.82, 2.24) is 14.9 Å². The molecule has 0 bridgehead atoms. The SMILES string of the molecule is Cc1cc(N2CCN(C(=O)c3ccc(NC(=O)C4CC4)s3)CC2)nc(C(C)C)n1. The van der Waals surface area contributed by atoms with Gasteiger partial charge in [0, 0.05) is 49.8 Å². The number of nitrogens with one attached hydrogen (secondary N) is 1. The van der Waals surface area contributed by atoms with Gasteiger partial charge in [-0.15, -0.1) is 11.3 Å². The second kappa shape index (κ2) is 8.10. The third-order valence-electron chi connectivity index (χ3n) is 5.28. The third kappa shape index (κ3) is 4.58. The number of rotatable bonds is 5. The molecule has 2 aromatic heterocycles. The first kappa shape index (κ1) is 19.8. The zero-order valence-electron chi connectivity index (χ0n) is 17.1. The number of nitrogens with zero attached hydrogens (tertiary/aromatic N) is 4. The molecule has 2 aliphatic rings. The summed E-state index contributed by atoms with van der Waals surface area (Å²) in [6.07, 6.45) is 1.94. The van der Waals surface area contributed by atoms with Gasteiger partial charge in [0.2, 0.25) is 5.91 Å². The summed E-state index contributed by atoms with van der Waals surface area (Å²) >= 11 is 1.36. The van der Waals surface area contributed by atoms with Crippen molar-refractivity contribution in [3.8, 4) is 0 Å². The molecule has 3 heterocycles. The molecule has 1 N–H and O–H groups in total. The van der Waals surface area contributed by atoms with E-state index in [0.717, 1.165) is 48.3 Å². The van der Waals surface area contributed by atoms with Crippen LogP contribution in [0.15, 0.2) is 18.2 Å². The molecule has 2 aromatic rings. The second-order valence-electron chi connectivity index (χ2n) is 8.09. The Morgan fingerprint density at radius 1 is 1.14 bits per heavy atom. The lowest BCUT2D eigenvalue weighted by atomic mass is 10.2. The van der Waals surface area contributed by atoms with Gasteiger partial charge < -0.3 is 15.1 Å². The van der Waals surface area contributed by atoms with Crippen molar-refractivity contribution in [1.29, 1.82) is 0 Å². The van der Waals surface area contributed by atoms with Gasteiger partial charge in [0.1, 0.15) is 11.6 Å². The average Bonchev–Trinajstić information content (AvgIpc) is 3.47. The minimum atomic E-state index is 0.0308. The summed E-state index contributed by atoms with van der Waals surface area (Å²) in [5, 5.41) is 3.67. The predicted molar refractivity (Wildman–Crippen MR) is 115 cm³/mol. The molecule has 0 radical (unpaired) electrons. The van der Waals surface area contributed by atoms with Crippen molar-refractivity contribution >= 4 is 34.0 Å². The first-order chi connectivity index (χ1) is 13.9. The fourth-order valence-electron chi connectivity index (χ4n) is 3.38. The summed E-state index contributed by atoms with van der Waals surface area (Å²) in [6, 6.07) is 5.65. The topological polar surface area (TPSA) is 78.4 Å². The molecule has 8 heteroatoms. The van der Waals surface area contributed by atoms with E-state index in [1.54, 1.807) is 0 Å². The Morgan fingerprint density at radius 3 is 2.52 bits per heavy atom. The summed E-state index contributed by atoms with van der Waals surface area (Å²) < 4.78 is 0. The molecule has 2 amide bonds. The van der Waals surface area contributed by atoms with E-state index in [4.69, 9.17) is 4.98 Å². The van der Waals surface area contributed by atoms with E-state index in [2.05, 4.69) is 29.0 Å². The number of hydrogen-bond donors (Lipinski definition) is 1. The van der Waals surface area contributed by atoms with Crippen LogP contribution in [0.3, 0.4) is 0 Å². The number of aromatic nitrogens is 2. The number of piperazine rings is 1. The number of carbonyl (C=O) groups excluding carboxylic acids is 2. The van der Waals surface area contributed by atoms with Gasteiger partial charge in [0.05, 0.1) is 9.88 Å². The quantitative estimate of drug-likeness (QED) is 0.814. The van der Waals surface area contributed by atoms with E-state index in [9.17, 15) is 9.59 Å². The lowest BCUT2D eigenvalue weighted by Crippen LogP contribution is -2.49. The summed E-state index contributed by atoms with van der Waals surface area (Å²) in [4.78, 5) is 38.8.